The monoisotopic (exact) mass is 308 g/mol. The number of piperidine rings is 1. The van der Waals surface area contributed by atoms with Crippen LogP contribution in [0.15, 0.2) is 17.5 Å². The molecule has 0 spiro atoms. The fraction of sp³-hybridized carbons (Fsp3) is 0.688. The largest absolute Gasteiger partial charge is 0.378 e. The quantitative estimate of drug-likeness (QED) is 0.909. The lowest BCUT2D eigenvalue weighted by atomic mass is 10.1. The van der Waals surface area contributed by atoms with Crippen molar-refractivity contribution in [1.29, 1.82) is 0 Å². The van der Waals surface area contributed by atoms with Gasteiger partial charge in [-0.2, -0.15) is 0 Å². The highest BCUT2D eigenvalue weighted by Gasteiger charge is 2.30. The molecule has 2 fully saturated rings. The molecule has 21 heavy (non-hydrogen) atoms. The Labute approximate surface area is 130 Å². The van der Waals surface area contributed by atoms with Gasteiger partial charge in [0.25, 0.3) is 0 Å². The summed E-state index contributed by atoms with van der Waals surface area (Å²) in [6.45, 7) is 3.53. The second-order valence-electron chi connectivity index (χ2n) is 5.83. The van der Waals surface area contributed by atoms with Gasteiger partial charge in [0.1, 0.15) is 0 Å². The van der Waals surface area contributed by atoms with E-state index in [0.717, 1.165) is 45.3 Å². The van der Waals surface area contributed by atoms with Crippen molar-refractivity contribution >= 4 is 17.2 Å². The standard InChI is InChI=1S/C16H24N2O2S/c19-16(7-11-20-13-5-8-17-9-6-13)18-10-1-3-14(18)15-4-2-12-21-15/h2,4,12-14,17H,1,3,5-11H2. The van der Waals surface area contributed by atoms with E-state index in [1.54, 1.807) is 11.3 Å². The Kier molecular flexibility index (Phi) is 5.27. The predicted octanol–water partition coefficient (Wildman–Crippen LogP) is 2.57. The Morgan fingerprint density at radius 2 is 2.24 bits per heavy atom. The first-order valence-electron chi connectivity index (χ1n) is 8.00. The number of likely N-dealkylation sites (tertiary alicyclic amines) is 1. The molecule has 2 aliphatic rings. The van der Waals surface area contributed by atoms with Crippen molar-refractivity contribution in [2.45, 2.75) is 44.2 Å². The fourth-order valence-corrected chi connectivity index (χ4v) is 4.13. The van der Waals surface area contributed by atoms with Gasteiger partial charge in [-0.25, -0.2) is 0 Å². The molecule has 1 aromatic heterocycles. The molecule has 0 bridgehead atoms. The molecule has 1 unspecified atom stereocenters. The smallest absolute Gasteiger partial charge is 0.225 e. The minimum Gasteiger partial charge on any atom is -0.378 e. The van der Waals surface area contributed by atoms with Crippen LogP contribution in [-0.2, 0) is 9.53 Å². The SMILES string of the molecule is O=C(CCOC1CCNCC1)N1CCCC1c1cccs1. The molecule has 0 radical (unpaired) electrons. The number of hydrogen-bond acceptors (Lipinski definition) is 4. The van der Waals surface area contributed by atoms with Crippen LogP contribution >= 0.6 is 11.3 Å². The lowest BCUT2D eigenvalue weighted by Crippen LogP contribution is -2.34. The molecule has 1 aromatic rings. The number of rotatable bonds is 5. The van der Waals surface area contributed by atoms with Crippen LogP contribution in [0.2, 0.25) is 0 Å². The van der Waals surface area contributed by atoms with E-state index in [4.69, 9.17) is 4.74 Å². The number of amides is 1. The maximum Gasteiger partial charge on any atom is 0.225 e. The zero-order valence-corrected chi connectivity index (χ0v) is 13.2. The van der Waals surface area contributed by atoms with Crippen LogP contribution in [0.4, 0.5) is 0 Å². The summed E-state index contributed by atoms with van der Waals surface area (Å²) < 4.78 is 5.85. The lowest BCUT2D eigenvalue weighted by molar-refractivity contribution is -0.133. The summed E-state index contributed by atoms with van der Waals surface area (Å²) in [5.74, 6) is 0.250. The maximum absolute atomic E-state index is 12.4. The molecule has 0 saturated carbocycles. The van der Waals surface area contributed by atoms with Crippen LogP contribution in [0.25, 0.3) is 0 Å². The molecular formula is C16H24N2O2S. The lowest BCUT2D eigenvalue weighted by Gasteiger charge is -2.25. The van der Waals surface area contributed by atoms with Crippen LogP contribution in [-0.4, -0.2) is 43.2 Å². The summed E-state index contributed by atoms with van der Waals surface area (Å²) in [5, 5.41) is 5.42. The topological polar surface area (TPSA) is 41.6 Å². The Bertz CT molecular complexity index is 443. The summed E-state index contributed by atoms with van der Waals surface area (Å²) in [6, 6.07) is 4.52. The van der Waals surface area contributed by atoms with Crippen molar-refractivity contribution in [2.24, 2.45) is 0 Å². The van der Waals surface area contributed by atoms with Gasteiger partial charge in [0.2, 0.25) is 5.91 Å². The third-order valence-corrected chi connectivity index (χ3v) is 5.37. The zero-order chi connectivity index (χ0) is 14.5. The fourth-order valence-electron chi connectivity index (χ4n) is 3.26. The highest BCUT2D eigenvalue weighted by atomic mass is 32.1. The van der Waals surface area contributed by atoms with Crippen LogP contribution in [0, 0.1) is 0 Å². The number of carbonyl (C=O) groups is 1. The van der Waals surface area contributed by atoms with E-state index >= 15 is 0 Å². The molecule has 1 amide bonds. The second kappa shape index (κ2) is 7.38. The van der Waals surface area contributed by atoms with Crippen molar-refractivity contribution in [3.63, 3.8) is 0 Å². The van der Waals surface area contributed by atoms with E-state index in [1.165, 1.54) is 4.88 Å². The minimum absolute atomic E-state index is 0.250. The molecule has 5 heteroatoms. The molecule has 0 aliphatic carbocycles. The maximum atomic E-state index is 12.4. The molecule has 1 N–H and O–H groups in total. The van der Waals surface area contributed by atoms with Gasteiger partial charge >= 0.3 is 0 Å². The molecular weight excluding hydrogens is 284 g/mol. The summed E-state index contributed by atoms with van der Waals surface area (Å²) in [4.78, 5) is 15.8. The number of carbonyl (C=O) groups excluding carboxylic acids is 1. The molecule has 1 atom stereocenters. The first-order valence-corrected chi connectivity index (χ1v) is 8.88. The Balaban J connectivity index is 1.46. The van der Waals surface area contributed by atoms with Crippen LogP contribution in [0.3, 0.4) is 0 Å². The molecule has 3 rings (SSSR count). The third kappa shape index (κ3) is 3.84. The van der Waals surface area contributed by atoms with Crippen molar-refractivity contribution in [3.8, 4) is 0 Å². The second-order valence-corrected chi connectivity index (χ2v) is 6.81. The van der Waals surface area contributed by atoms with Crippen molar-refractivity contribution in [1.82, 2.24) is 10.2 Å². The van der Waals surface area contributed by atoms with E-state index in [1.807, 2.05) is 0 Å². The average molecular weight is 308 g/mol. The van der Waals surface area contributed by atoms with Gasteiger partial charge in [0.05, 0.1) is 25.2 Å². The van der Waals surface area contributed by atoms with Gasteiger partial charge in [-0.05, 0) is 50.2 Å². The number of hydrogen-bond donors (Lipinski definition) is 1. The van der Waals surface area contributed by atoms with Gasteiger partial charge in [-0.1, -0.05) is 6.07 Å². The molecule has 116 valence electrons. The summed E-state index contributed by atoms with van der Waals surface area (Å²) in [7, 11) is 0. The van der Waals surface area contributed by atoms with E-state index in [0.29, 0.717) is 25.2 Å². The Morgan fingerprint density at radius 3 is 3.00 bits per heavy atom. The van der Waals surface area contributed by atoms with E-state index < -0.39 is 0 Å². The minimum atomic E-state index is 0.250. The number of ether oxygens (including phenoxy) is 1. The summed E-state index contributed by atoms with van der Waals surface area (Å²) >= 11 is 1.76. The number of nitrogens with one attached hydrogen (secondary N) is 1. The van der Waals surface area contributed by atoms with Crippen LogP contribution < -0.4 is 5.32 Å². The highest BCUT2D eigenvalue weighted by molar-refractivity contribution is 7.10. The predicted molar refractivity (Wildman–Crippen MR) is 84.5 cm³/mol. The molecule has 2 aliphatic heterocycles. The summed E-state index contributed by atoms with van der Waals surface area (Å²) in [5.41, 5.74) is 0. The summed E-state index contributed by atoms with van der Waals surface area (Å²) in [6.07, 6.45) is 5.20. The van der Waals surface area contributed by atoms with E-state index in [2.05, 4.69) is 27.7 Å². The normalized spacial score (nSPS) is 23.6. The molecule has 4 nitrogen and oxygen atoms in total. The third-order valence-electron chi connectivity index (χ3n) is 4.40. The number of thiophene rings is 1. The van der Waals surface area contributed by atoms with Gasteiger partial charge in [0.15, 0.2) is 0 Å². The van der Waals surface area contributed by atoms with E-state index in [-0.39, 0.29) is 5.91 Å². The van der Waals surface area contributed by atoms with Gasteiger partial charge < -0.3 is 15.0 Å². The number of nitrogens with zero attached hydrogens (tertiary/aromatic N) is 1. The Morgan fingerprint density at radius 1 is 1.38 bits per heavy atom. The van der Waals surface area contributed by atoms with E-state index in [9.17, 15) is 4.79 Å². The van der Waals surface area contributed by atoms with Crippen LogP contribution in [0.1, 0.15) is 43.0 Å². The average Bonchev–Trinajstić information content (AvgIpc) is 3.19. The van der Waals surface area contributed by atoms with Crippen molar-refractivity contribution in [2.75, 3.05) is 26.2 Å². The zero-order valence-electron chi connectivity index (χ0n) is 12.4. The molecule has 2 saturated heterocycles. The molecule has 0 aromatic carbocycles. The first-order chi connectivity index (χ1) is 10.3. The van der Waals surface area contributed by atoms with Gasteiger partial charge in [0, 0.05) is 11.4 Å². The van der Waals surface area contributed by atoms with Crippen molar-refractivity contribution < 1.29 is 9.53 Å². The van der Waals surface area contributed by atoms with Gasteiger partial charge in [-0.3, -0.25) is 4.79 Å². The Hall–Kier alpha value is -0.910. The highest BCUT2D eigenvalue weighted by Crippen LogP contribution is 2.34. The van der Waals surface area contributed by atoms with Crippen molar-refractivity contribution in [3.05, 3.63) is 22.4 Å². The first kappa shape index (κ1) is 15.0. The van der Waals surface area contributed by atoms with Gasteiger partial charge in [-0.15, -0.1) is 11.3 Å². The molecule has 3 heterocycles. The van der Waals surface area contributed by atoms with Crippen LogP contribution in [0.5, 0.6) is 0 Å².